The van der Waals surface area contributed by atoms with E-state index in [0.717, 1.165) is 6.07 Å². The number of carbonyl (C=O) groups is 1. The monoisotopic (exact) mass is 206 g/mol. The molecule has 0 aliphatic heterocycles. The summed E-state index contributed by atoms with van der Waals surface area (Å²) < 4.78 is 24.4. The molecule has 0 atom stereocenters. The minimum Gasteiger partial charge on any atom is -0.397 e. The van der Waals surface area contributed by atoms with E-state index in [1.165, 1.54) is 0 Å². The number of carbonyl (C=O) groups excluding carboxylic acids is 1. The van der Waals surface area contributed by atoms with Crippen molar-refractivity contribution in [1.82, 2.24) is 4.98 Å². The van der Waals surface area contributed by atoms with Crippen LogP contribution in [0.25, 0.3) is 0 Å². The van der Waals surface area contributed by atoms with Gasteiger partial charge in [0.2, 0.25) is 0 Å². The van der Waals surface area contributed by atoms with E-state index in [2.05, 4.69) is 4.98 Å². The number of halogens is 3. The van der Waals surface area contributed by atoms with Gasteiger partial charge in [0.05, 0.1) is 10.7 Å². The van der Waals surface area contributed by atoms with Crippen molar-refractivity contribution in [3.05, 3.63) is 22.5 Å². The Hall–Kier alpha value is -1.23. The summed E-state index contributed by atoms with van der Waals surface area (Å²) >= 11 is 5.43. The average molecular weight is 207 g/mol. The first-order valence-electron chi connectivity index (χ1n) is 3.25. The van der Waals surface area contributed by atoms with E-state index in [1.54, 1.807) is 0 Å². The number of rotatable bonds is 2. The van der Waals surface area contributed by atoms with Gasteiger partial charge in [-0.2, -0.15) is 0 Å². The van der Waals surface area contributed by atoms with Crippen molar-refractivity contribution in [2.45, 2.75) is 6.43 Å². The van der Waals surface area contributed by atoms with Crippen molar-refractivity contribution in [3.63, 3.8) is 0 Å². The lowest BCUT2D eigenvalue weighted by Gasteiger charge is -2.05. The zero-order chi connectivity index (χ0) is 10.0. The third-order valence-corrected chi connectivity index (χ3v) is 1.77. The fourth-order valence-corrected chi connectivity index (χ4v) is 0.975. The van der Waals surface area contributed by atoms with Crippen molar-refractivity contribution < 1.29 is 13.6 Å². The first-order valence-corrected chi connectivity index (χ1v) is 3.63. The predicted molar refractivity (Wildman–Crippen MR) is 44.0 cm³/mol. The van der Waals surface area contributed by atoms with Gasteiger partial charge in [0.15, 0.2) is 6.29 Å². The fraction of sp³-hybridized carbons (Fsp3) is 0.143. The van der Waals surface area contributed by atoms with Crippen LogP contribution in [0.3, 0.4) is 0 Å². The number of nitrogen functional groups attached to an aromatic ring is 1. The predicted octanol–water partition coefficient (Wildman–Crippen LogP) is 2.07. The molecule has 3 nitrogen and oxygen atoms in total. The Labute approximate surface area is 77.5 Å². The van der Waals surface area contributed by atoms with Gasteiger partial charge in [-0.05, 0) is 6.07 Å². The van der Waals surface area contributed by atoms with E-state index in [-0.39, 0.29) is 16.4 Å². The van der Waals surface area contributed by atoms with Gasteiger partial charge < -0.3 is 5.73 Å². The number of nitrogens with two attached hydrogens (primary N) is 1. The Balaban J connectivity index is 3.32. The van der Waals surface area contributed by atoms with Crippen LogP contribution in [0, 0.1) is 0 Å². The van der Waals surface area contributed by atoms with Gasteiger partial charge >= 0.3 is 0 Å². The van der Waals surface area contributed by atoms with E-state index in [0.29, 0.717) is 6.29 Å². The molecule has 0 saturated heterocycles. The largest absolute Gasteiger partial charge is 0.397 e. The smallest absolute Gasteiger partial charge is 0.281 e. The molecular formula is C7H5ClF2N2O. The van der Waals surface area contributed by atoms with Crippen molar-refractivity contribution in [2.24, 2.45) is 0 Å². The molecule has 2 N–H and O–H groups in total. The Morgan fingerprint density at radius 1 is 1.62 bits per heavy atom. The van der Waals surface area contributed by atoms with Crippen LogP contribution in [0.2, 0.25) is 5.02 Å². The summed E-state index contributed by atoms with van der Waals surface area (Å²) in [5.74, 6) is 0. The van der Waals surface area contributed by atoms with Gasteiger partial charge in [-0.1, -0.05) is 11.6 Å². The molecule has 0 saturated carbocycles. The van der Waals surface area contributed by atoms with Crippen LogP contribution in [0.1, 0.15) is 22.6 Å². The molecule has 0 bridgehead atoms. The second-order valence-corrected chi connectivity index (χ2v) is 2.63. The SMILES string of the molecule is Nc1cc(C=O)nc(C(F)F)c1Cl. The molecule has 70 valence electrons. The van der Waals surface area contributed by atoms with Crippen molar-refractivity contribution in [2.75, 3.05) is 5.73 Å². The molecule has 0 unspecified atom stereocenters. The highest BCUT2D eigenvalue weighted by Gasteiger charge is 2.17. The molecule has 1 rings (SSSR count). The van der Waals surface area contributed by atoms with Gasteiger partial charge in [0.25, 0.3) is 6.43 Å². The molecule has 0 spiro atoms. The van der Waals surface area contributed by atoms with Gasteiger partial charge in [0, 0.05) is 0 Å². The van der Waals surface area contributed by atoms with Gasteiger partial charge in [-0.3, -0.25) is 4.79 Å². The molecule has 1 aromatic rings. The Morgan fingerprint density at radius 3 is 2.69 bits per heavy atom. The standard InChI is InChI=1S/C7H5ClF2N2O/c8-5-4(11)1-3(2-13)12-6(5)7(9)10/h1-2,7H,(H2,11,12). The minimum atomic E-state index is -2.84. The molecule has 13 heavy (non-hydrogen) atoms. The summed E-state index contributed by atoms with van der Waals surface area (Å²) in [6.07, 6.45) is -2.51. The van der Waals surface area contributed by atoms with E-state index in [4.69, 9.17) is 17.3 Å². The van der Waals surface area contributed by atoms with Crippen LogP contribution in [0.15, 0.2) is 6.07 Å². The van der Waals surface area contributed by atoms with E-state index in [9.17, 15) is 13.6 Å². The maximum absolute atomic E-state index is 12.2. The number of pyridine rings is 1. The number of alkyl halides is 2. The first-order chi connectivity index (χ1) is 6.06. The number of nitrogens with zero attached hydrogens (tertiary/aromatic N) is 1. The Morgan fingerprint density at radius 2 is 2.23 bits per heavy atom. The quantitative estimate of drug-likeness (QED) is 0.754. The lowest BCUT2D eigenvalue weighted by molar-refractivity contribution is 0.111. The highest BCUT2D eigenvalue weighted by Crippen LogP contribution is 2.29. The van der Waals surface area contributed by atoms with Gasteiger partial charge in [-0.25, -0.2) is 13.8 Å². The molecule has 1 heterocycles. The second kappa shape index (κ2) is 3.66. The third-order valence-electron chi connectivity index (χ3n) is 1.36. The molecule has 0 fully saturated rings. The van der Waals surface area contributed by atoms with E-state index < -0.39 is 12.1 Å². The Kier molecular flexibility index (Phi) is 2.77. The van der Waals surface area contributed by atoms with Crippen LogP contribution in [-0.4, -0.2) is 11.3 Å². The topological polar surface area (TPSA) is 56.0 Å². The molecule has 0 amide bonds. The molecule has 6 heteroatoms. The zero-order valence-electron chi connectivity index (χ0n) is 6.30. The number of hydrogen-bond acceptors (Lipinski definition) is 3. The van der Waals surface area contributed by atoms with Gasteiger partial charge in [-0.15, -0.1) is 0 Å². The van der Waals surface area contributed by atoms with Crippen LogP contribution in [0.4, 0.5) is 14.5 Å². The zero-order valence-corrected chi connectivity index (χ0v) is 7.05. The van der Waals surface area contributed by atoms with Crippen LogP contribution in [0.5, 0.6) is 0 Å². The maximum Gasteiger partial charge on any atom is 0.281 e. The van der Waals surface area contributed by atoms with Crippen molar-refractivity contribution >= 4 is 23.6 Å². The lowest BCUT2D eigenvalue weighted by atomic mass is 10.2. The number of aromatic nitrogens is 1. The van der Waals surface area contributed by atoms with Gasteiger partial charge in [0.1, 0.15) is 11.4 Å². The summed E-state index contributed by atoms with van der Waals surface area (Å²) in [7, 11) is 0. The summed E-state index contributed by atoms with van der Waals surface area (Å²) in [4.78, 5) is 13.6. The van der Waals surface area contributed by atoms with E-state index >= 15 is 0 Å². The second-order valence-electron chi connectivity index (χ2n) is 2.25. The molecule has 0 aliphatic rings. The summed E-state index contributed by atoms with van der Waals surface area (Å²) in [5, 5.41) is -0.305. The summed E-state index contributed by atoms with van der Waals surface area (Å²) in [6.45, 7) is 0. The first kappa shape index (κ1) is 9.85. The minimum absolute atomic E-state index is 0.0749. The molecule has 0 aliphatic carbocycles. The summed E-state index contributed by atoms with van der Waals surface area (Å²) in [5.41, 5.74) is 4.38. The van der Waals surface area contributed by atoms with Crippen molar-refractivity contribution in [1.29, 1.82) is 0 Å². The average Bonchev–Trinajstić information content (AvgIpc) is 2.09. The number of hydrogen-bond donors (Lipinski definition) is 1. The maximum atomic E-state index is 12.2. The fourth-order valence-electron chi connectivity index (χ4n) is 0.796. The highest BCUT2D eigenvalue weighted by molar-refractivity contribution is 6.33. The van der Waals surface area contributed by atoms with Crippen molar-refractivity contribution in [3.8, 4) is 0 Å². The normalized spacial score (nSPS) is 10.5. The van der Waals surface area contributed by atoms with Crippen LogP contribution < -0.4 is 5.73 Å². The summed E-state index contributed by atoms with van der Waals surface area (Å²) in [6, 6.07) is 1.14. The molecule has 1 aromatic heterocycles. The van der Waals surface area contributed by atoms with Crippen LogP contribution in [-0.2, 0) is 0 Å². The molecule has 0 radical (unpaired) electrons. The number of aldehydes is 1. The molecular weight excluding hydrogens is 202 g/mol. The number of anilines is 1. The molecule has 0 aromatic carbocycles. The van der Waals surface area contributed by atoms with Crippen LogP contribution >= 0.6 is 11.6 Å². The Bertz CT molecular complexity index is 344. The lowest BCUT2D eigenvalue weighted by Crippen LogP contribution is -2.00. The van der Waals surface area contributed by atoms with E-state index in [1.807, 2.05) is 0 Å². The third kappa shape index (κ3) is 1.92. The highest BCUT2D eigenvalue weighted by atomic mass is 35.5.